The second-order valence-corrected chi connectivity index (χ2v) is 10.7. The number of amides is 1. The Kier molecular flexibility index (Phi) is 5.14. The Labute approximate surface area is 141 Å². The van der Waals surface area contributed by atoms with Gasteiger partial charge in [-0.1, -0.05) is 0 Å². The SMILES string of the molecule is CC[C@H]([Se][C@@H]1C(=O)[C@]2(C)CC[C@H]1C2(C)C)[C@@H](CC)NC(C)=O. The van der Waals surface area contributed by atoms with Gasteiger partial charge in [0.15, 0.2) is 0 Å². The molecule has 1 N–H and O–H groups in total. The van der Waals surface area contributed by atoms with Crippen molar-refractivity contribution in [2.24, 2.45) is 16.7 Å². The molecule has 3 nitrogen and oxygen atoms in total. The van der Waals surface area contributed by atoms with Crippen LogP contribution in [0.15, 0.2) is 0 Å². The van der Waals surface area contributed by atoms with Crippen LogP contribution in [0.2, 0.25) is 9.63 Å². The Morgan fingerprint density at radius 2 is 1.95 bits per heavy atom. The number of fused-ring (bicyclic) bond motifs is 2. The van der Waals surface area contributed by atoms with E-state index in [4.69, 9.17) is 0 Å². The van der Waals surface area contributed by atoms with Gasteiger partial charge in [0.1, 0.15) is 0 Å². The molecule has 2 aliphatic rings. The summed E-state index contributed by atoms with van der Waals surface area (Å²) < 4.78 is 0. The molecule has 0 heterocycles. The number of carbonyl (C=O) groups excluding carboxylic acids is 2. The molecule has 0 aromatic carbocycles. The molecule has 126 valence electrons. The van der Waals surface area contributed by atoms with Gasteiger partial charge < -0.3 is 0 Å². The minimum absolute atomic E-state index is 0.0488. The van der Waals surface area contributed by atoms with Crippen molar-refractivity contribution in [3.8, 4) is 0 Å². The van der Waals surface area contributed by atoms with Crippen molar-refractivity contribution in [2.45, 2.75) is 82.9 Å². The van der Waals surface area contributed by atoms with Gasteiger partial charge in [-0.3, -0.25) is 0 Å². The fraction of sp³-hybridized carbons (Fsp3) is 0.889. The third-order valence-corrected chi connectivity index (χ3v) is 10.3. The van der Waals surface area contributed by atoms with E-state index >= 15 is 0 Å². The second-order valence-electron chi connectivity index (χ2n) is 7.78. The van der Waals surface area contributed by atoms with Crippen molar-refractivity contribution in [3.63, 3.8) is 0 Å². The van der Waals surface area contributed by atoms with Crippen molar-refractivity contribution in [1.29, 1.82) is 0 Å². The predicted molar refractivity (Wildman–Crippen MR) is 91.1 cm³/mol. The quantitative estimate of drug-likeness (QED) is 0.724. The predicted octanol–water partition coefficient (Wildman–Crippen LogP) is 3.62. The van der Waals surface area contributed by atoms with E-state index in [1.807, 2.05) is 0 Å². The summed E-state index contributed by atoms with van der Waals surface area (Å²) >= 11 is 0.273. The maximum atomic E-state index is 13.0. The molecular weight excluding hydrogens is 341 g/mol. The zero-order valence-corrected chi connectivity index (χ0v) is 16.6. The van der Waals surface area contributed by atoms with E-state index in [1.165, 1.54) is 6.42 Å². The molecular formula is C18H31NO2Se. The first-order chi connectivity index (χ1) is 10.2. The molecule has 0 aromatic heterocycles. The molecule has 22 heavy (non-hydrogen) atoms. The van der Waals surface area contributed by atoms with Crippen LogP contribution in [-0.4, -0.2) is 32.7 Å². The monoisotopic (exact) mass is 373 g/mol. The van der Waals surface area contributed by atoms with E-state index in [1.54, 1.807) is 6.92 Å². The van der Waals surface area contributed by atoms with E-state index in [0.29, 0.717) is 16.5 Å². The van der Waals surface area contributed by atoms with E-state index in [2.05, 4.69) is 39.9 Å². The summed E-state index contributed by atoms with van der Waals surface area (Å²) in [6.45, 7) is 12.7. The summed E-state index contributed by atoms with van der Waals surface area (Å²) in [5, 5.41) is 3.11. The van der Waals surface area contributed by atoms with Crippen LogP contribution in [0.3, 0.4) is 0 Å². The van der Waals surface area contributed by atoms with Gasteiger partial charge in [0.25, 0.3) is 0 Å². The first-order valence-corrected chi connectivity index (χ1v) is 10.6. The average molecular weight is 372 g/mol. The van der Waals surface area contributed by atoms with Gasteiger partial charge in [-0.25, -0.2) is 0 Å². The maximum absolute atomic E-state index is 13.0. The molecule has 0 aromatic rings. The number of ketones is 1. The molecule has 0 aliphatic heterocycles. The summed E-state index contributed by atoms with van der Waals surface area (Å²) in [7, 11) is 0. The normalized spacial score (nSPS) is 35.5. The van der Waals surface area contributed by atoms with E-state index in [-0.39, 0.29) is 42.6 Å². The van der Waals surface area contributed by atoms with Crippen LogP contribution in [0, 0.1) is 16.7 Å². The van der Waals surface area contributed by atoms with Crippen LogP contribution >= 0.6 is 0 Å². The molecule has 0 spiro atoms. The molecule has 2 fully saturated rings. The van der Waals surface area contributed by atoms with Crippen LogP contribution in [0.25, 0.3) is 0 Å². The first kappa shape index (κ1) is 18.0. The molecule has 1 amide bonds. The van der Waals surface area contributed by atoms with Crippen molar-refractivity contribution in [2.75, 3.05) is 0 Å². The van der Waals surface area contributed by atoms with Crippen LogP contribution in [0.5, 0.6) is 0 Å². The fourth-order valence-electron chi connectivity index (χ4n) is 4.54. The Bertz CT molecular complexity index is 462. The van der Waals surface area contributed by atoms with Crippen LogP contribution in [0.4, 0.5) is 0 Å². The Hall–Kier alpha value is -0.341. The number of hydrogen-bond acceptors (Lipinski definition) is 2. The summed E-state index contributed by atoms with van der Waals surface area (Å²) in [6.07, 6.45) is 4.27. The number of nitrogens with one attached hydrogen (secondary N) is 1. The summed E-state index contributed by atoms with van der Waals surface area (Å²) in [5.41, 5.74) is 0.0304. The number of carbonyl (C=O) groups is 2. The van der Waals surface area contributed by atoms with Crippen LogP contribution in [-0.2, 0) is 9.59 Å². The first-order valence-electron chi connectivity index (χ1n) is 8.65. The van der Waals surface area contributed by atoms with Gasteiger partial charge in [0, 0.05) is 0 Å². The Morgan fingerprint density at radius 3 is 2.36 bits per heavy atom. The molecule has 2 aliphatic carbocycles. The number of rotatable bonds is 6. The molecule has 0 radical (unpaired) electrons. The van der Waals surface area contributed by atoms with Gasteiger partial charge in [-0.05, 0) is 0 Å². The zero-order valence-electron chi connectivity index (χ0n) is 14.9. The van der Waals surface area contributed by atoms with Crippen LogP contribution in [0.1, 0.15) is 67.2 Å². The molecule has 2 rings (SSSR count). The number of hydrogen-bond donors (Lipinski definition) is 1. The van der Waals surface area contributed by atoms with Gasteiger partial charge in [-0.2, -0.15) is 0 Å². The van der Waals surface area contributed by atoms with Crippen molar-refractivity contribution in [3.05, 3.63) is 0 Å². The number of Topliss-reactive ketones (excluding diaryl/α,β-unsaturated/α-hetero) is 1. The summed E-state index contributed by atoms with van der Waals surface area (Å²) in [6, 6.07) is 0.227. The van der Waals surface area contributed by atoms with Crippen molar-refractivity contribution in [1.82, 2.24) is 5.32 Å². The molecule has 0 unspecified atom stereocenters. The Morgan fingerprint density at radius 1 is 1.32 bits per heavy atom. The third-order valence-electron chi connectivity index (χ3n) is 6.47. The average Bonchev–Trinajstić information content (AvgIpc) is 2.75. The van der Waals surface area contributed by atoms with E-state index in [9.17, 15) is 9.59 Å². The van der Waals surface area contributed by atoms with Gasteiger partial charge in [0.2, 0.25) is 0 Å². The standard InChI is InChI=1S/C18H31NO2Se/c1-7-13(19-11(3)20)14(8-2)22-15-12-9-10-18(6,16(15)21)17(12,4)5/h12-15H,7-10H2,1-6H3,(H,19,20)/t12-,13-,14+,15+,18+/m1/s1. The topological polar surface area (TPSA) is 46.2 Å². The fourth-order valence-corrected chi connectivity index (χ4v) is 8.88. The molecule has 5 atom stereocenters. The van der Waals surface area contributed by atoms with Crippen molar-refractivity contribution >= 4 is 26.6 Å². The molecule has 2 saturated carbocycles. The Balaban J connectivity index is 2.16. The van der Waals surface area contributed by atoms with Crippen LogP contribution < -0.4 is 5.32 Å². The van der Waals surface area contributed by atoms with Crippen molar-refractivity contribution < 1.29 is 9.59 Å². The zero-order chi connectivity index (χ0) is 16.7. The molecule has 2 bridgehead atoms. The summed E-state index contributed by atoms with van der Waals surface area (Å²) in [5.74, 6) is 1.12. The molecule has 4 heteroatoms. The van der Waals surface area contributed by atoms with E-state index in [0.717, 1.165) is 19.3 Å². The summed E-state index contributed by atoms with van der Waals surface area (Å²) in [4.78, 5) is 25.2. The van der Waals surface area contributed by atoms with Gasteiger partial charge in [-0.15, -0.1) is 0 Å². The molecule has 0 saturated heterocycles. The van der Waals surface area contributed by atoms with Gasteiger partial charge >= 0.3 is 141 Å². The van der Waals surface area contributed by atoms with E-state index < -0.39 is 0 Å². The second kappa shape index (κ2) is 6.28. The third kappa shape index (κ3) is 2.67. The van der Waals surface area contributed by atoms with Gasteiger partial charge in [0.05, 0.1) is 0 Å². The minimum atomic E-state index is -0.113.